The van der Waals surface area contributed by atoms with Gasteiger partial charge in [-0.05, 0) is 5.18 Å². The molecule has 0 spiro atoms. The highest BCUT2D eigenvalue weighted by Gasteiger charge is 2.23. The molecule has 1 aromatic carbocycles. The first-order valence-corrected chi connectivity index (χ1v) is 7.71. The first-order valence-electron chi connectivity index (χ1n) is 7.71. The van der Waals surface area contributed by atoms with E-state index in [1.165, 1.54) is 0 Å². The van der Waals surface area contributed by atoms with Gasteiger partial charge in [0, 0.05) is 0 Å². The van der Waals surface area contributed by atoms with Crippen molar-refractivity contribution in [3.05, 3.63) is 33.4 Å². The number of hydrogen-bond donors (Lipinski definition) is 0. The minimum Gasteiger partial charge on any atom is -0.230 e. The predicted molar refractivity (Wildman–Crippen MR) is 94.8 cm³/mol. The average molecular weight is 388 g/mol. The summed E-state index contributed by atoms with van der Waals surface area (Å²) in [4.78, 5) is 35.5. The summed E-state index contributed by atoms with van der Waals surface area (Å²) in [6.07, 6.45) is 0. The van der Waals surface area contributed by atoms with E-state index in [0.29, 0.717) is 0 Å². The number of nitroso groups, excluding NO2 is 1. The van der Waals surface area contributed by atoms with Gasteiger partial charge in [0.1, 0.15) is 63.4 Å². The molecule has 134 valence electrons. The summed E-state index contributed by atoms with van der Waals surface area (Å²) in [6.45, 7) is 0. The lowest BCUT2D eigenvalue weighted by Gasteiger charge is -2.08. The van der Waals surface area contributed by atoms with Crippen LogP contribution in [0.1, 0.15) is 28.5 Å². The molecule has 0 atom stereocenters. The Hall–Kier alpha value is -5.71. The maximum Gasteiger partial charge on any atom is 0.234 e. The quantitative estimate of drug-likeness (QED) is 0.331. The van der Waals surface area contributed by atoms with E-state index in [2.05, 4.69) is 35.1 Å². The smallest absolute Gasteiger partial charge is 0.230 e. The number of nitrogens with zero attached hydrogens (tertiary/aromatic N) is 12. The van der Waals surface area contributed by atoms with Gasteiger partial charge >= 0.3 is 0 Å². The molecule has 0 aliphatic rings. The number of hydrogen-bond acceptors (Lipinski definition) is 13. The molecule has 0 saturated heterocycles. The minimum absolute atomic E-state index is 0.0495. The van der Waals surface area contributed by atoms with Gasteiger partial charge in [-0.3, -0.25) is 0 Å². The van der Waals surface area contributed by atoms with Crippen LogP contribution in [0.25, 0.3) is 33.1 Å². The Kier molecular flexibility index (Phi) is 3.82. The molecule has 0 radical (unpaired) electrons. The van der Waals surface area contributed by atoms with Gasteiger partial charge < -0.3 is 0 Å². The third-order valence-electron chi connectivity index (χ3n) is 3.96. The summed E-state index contributed by atoms with van der Waals surface area (Å²) in [7, 11) is 0. The molecule has 4 rings (SSSR count). The second-order valence-electron chi connectivity index (χ2n) is 5.48. The van der Waals surface area contributed by atoms with Crippen LogP contribution in [-0.4, -0.2) is 29.9 Å². The second-order valence-corrected chi connectivity index (χ2v) is 5.48. The Morgan fingerprint density at radius 2 is 0.733 bits per heavy atom. The molecule has 0 aliphatic carbocycles. The molecule has 30 heavy (non-hydrogen) atoms. The number of fused-ring (bicyclic) bond motifs is 6. The van der Waals surface area contributed by atoms with Crippen LogP contribution in [-0.2, 0) is 0 Å². The van der Waals surface area contributed by atoms with Crippen molar-refractivity contribution in [3.63, 3.8) is 0 Å². The highest BCUT2D eigenvalue weighted by Crippen LogP contribution is 2.32. The van der Waals surface area contributed by atoms with Crippen LogP contribution >= 0.6 is 0 Å². The Morgan fingerprint density at radius 3 is 1.00 bits per heavy atom. The first kappa shape index (κ1) is 17.7. The maximum atomic E-state index is 11.1. The minimum atomic E-state index is -0.530. The van der Waals surface area contributed by atoms with E-state index in [-0.39, 0.29) is 55.9 Å². The SMILES string of the molecule is N#Cc1nc2c3nc(C#N)c(C#N)nc3c3nc(N=O)c(C#N)nc3c2nc1C#N. The Morgan fingerprint density at radius 1 is 0.467 bits per heavy atom. The van der Waals surface area contributed by atoms with Crippen molar-refractivity contribution in [1.29, 1.82) is 26.3 Å². The van der Waals surface area contributed by atoms with Gasteiger partial charge in [0.15, 0.2) is 28.5 Å². The van der Waals surface area contributed by atoms with Gasteiger partial charge in [0.2, 0.25) is 5.82 Å². The molecule has 0 unspecified atom stereocenters. The number of nitriles is 5. The molecule has 4 aromatic rings. The summed E-state index contributed by atoms with van der Waals surface area (Å²) in [5.41, 5.74) is -2.07. The van der Waals surface area contributed by atoms with Gasteiger partial charge in [-0.2, -0.15) is 26.3 Å². The summed E-state index contributed by atoms with van der Waals surface area (Å²) in [5.74, 6) is -0.530. The van der Waals surface area contributed by atoms with Crippen LogP contribution in [0.15, 0.2) is 5.18 Å². The zero-order chi connectivity index (χ0) is 21.4. The van der Waals surface area contributed by atoms with E-state index in [0.717, 1.165) is 0 Å². The molecule has 0 amide bonds. The summed E-state index contributed by atoms with van der Waals surface area (Å²) in [6, 6.07) is 8.61. The van der Waals surface area contributed by atoms with E-state index in [9.17, 15) is 31.2 Å². The normalized spacial score (nSPS) is 9.97. The molecule has 0 N–H and O–H groups in total. The van der Waals surface area contributed by atoms with Crippen LogP contribution in [0.4, 0.5) is 5.82 Å². The fourth-order valence-corrected chi connectivity index (χ4v) is 2.74. The topological polar surface area (TPSA) is 226 Å². The van der Waals surface area contributed by atoms with Crippen LogP contribution in [0, 0.1) is 61.6 Å². The van der Waals surface area contributed by atoms with Crippen molar-refractivity contribution < 1.29 is 0 Å². The average Bonchev–Trinajstić information content (AvgIpc) is 2.81. The van der Waals surface area contributed by atoms with E-state index >= 15 is 0 Å². The first-order chi connectivity index (χ1) is 14.6. The monoisotopic (exact) mass is 388 g/mol. The van der Waals surface area contributed by atoms with Crippen molar-refractivity contribution in [2.24, 2.45) is 5.18 Å². The van der Waals surface area contributed by atoms with Crippen LogP contribution < -0.4 is 0 Å². The molecular weight excluding hydrogens is 388 g/mol. The second kappa shape index (κ2) is 6.47. The van der Waals surface area contributed by atoms with E-state index in [1.807, 2.05) is 0 Å². The Bertz CT molecular complexity index is 1620. The predicted octanol–water partition coefficient (Wildman–Crippen LogP) is 1.27. The standard InChI is InChI=1S/C17N12O/c18-1-6-7(2-19)25-13-11(23-6)12-14(26-9(4-21)8(3-20)24-12)16-15(13)27-10(5-22)17(28-16)29-30. The van der Waals surface area contributed by atoms with Gasteiger partial charge in [0.25, 0.3) is 0 Å². The molecule has 3 heterocycles. The number of aromatic nitrogens is 6. The van der Waals surface area contributed by atoms with E-state index in [1.54, 1.807) is 30.3 Å². The zero-order valence-electron chi connectivity index (χ0n) is 14.3. The lowest BCUT2D eigenvalue weighted by molar-refractivity contribution is 1.16. The molecule has 0 fully saturated rings. The highest BCUT2D eigenvalue weighted by molar-refractivity contribution is 6.18. The third kappa shape index (κ3) is 2.30. The molecule has 3 aromatic heterocycles. The van der Waals surface area contributed by atoms with Crippen LogP contribution in [0.2, 0.25) is 0 Å². The van der Waals surface area contributed by atoms with Gasteiger partial charge in [0.05, 0.1) is 0 Å². The lowest BCUT2D eigenvalue weighted by Crippen LogP contribution is -2.04. The number of benzene rings is 1. The van der Waals surface area contributed by atoms with Crippen molar-refractivity contribution in [3.8, 4) is 30.3 Å². The van der Waals surface area contributed by atoms with Crippen LogP contribution in [0.3, 0.4) is 0 Å². The number of rotatable bonds is 1. The third-order valence-corrected chi connectivity index (χ3v) is 3.96. The van der Waals surface area contributed by atoms with Gasteiger partial charge in [-0.25, -0.2) is 29.9 Å². The maximum absolute atomic E-state index is 11.1. The summed E-state index contributed by atoms with van der Waals surface area (Å²) >= 11 is 0. The fraction of sp³-hybridized carbons (Fsp3) is 0. The molecule has 13 heteroatoms. The van der Waals surface area contributed by atoms with E-state index in [4.69, 9.17) is 0 Å². The van der Waals surface area contributed by atoms with E-state index < -0.39 is 11.5 Å². The molecule has 13 nitrogen and oxygen atoms in total. The highest BCUT2D eigenvalue weighted by atomic mass is 16.3. The fourth-order valence-electron chi connectivity index (χ4n) is 2.74. The van der Waals surface area contributed by atoms with Gasteiger partial charge in [-0.15, -0.1) is 4.91 Å². The van der Waals surface area contributed by atoms with Crippen molar-refractivity contribution in [2.75, 3.05) is 0 Å². The molecule has 0 bridgehead atoms. The van der Waals surface area contributed by atoms with Crippen molar-refractivity contribution >= 4 is 38.9 Å². The lowest BCUT2D eigenvalue weighted by atomic mass is 10.1. The molecule has 0 aliphatic heterocycles. The largest absolute Gasteiger partial charge is 0.234 e. The van der Waals surface area contributed by atoms with Gasteiger partial charge in [-0.1, -0.05) is 0 Å². The molecule has 0 saturated carbocycles. The zero-order valence-corrected chi connectivity index (χ0v) is 14.3. The Balaban J connectivity index is 2.42. The summed E-state index contributed by atoms with van der Waals surface area (Å²) < 4.78 is 0. The summed E-state index contributed by atoms with van der Waals surface area (Å²) in [5, 5.41) is 49.0. The van der Waals surface area contributed by atoms with Crippen molar-refractivity contribution in [2.45, 2.75) is 0 Å². The van der Waals surface area contributed by atoms with Crippen LogP contribution in [0.5, 0.6) is 0 Å². The van der Waals surface area contributed by atoms with Crippen molar-refractivity contribution in [1.82, 2.24) is 29.9 Å². The molecular formula is C17N12O. The Labute approximate surface area is 164 Å².